The normalized spacial score (nSPS) is 9.95. The Labute approximate surface area is 129 Å². The minimum absolute atomic E-state index is 0.377. The van der Waals surface area contributed by atoms with Crippen molar-refractivity contribution in [2.24, 2.45) is 0 Å². The first-order valence-electron chi connectivity index (χ1n) is 6.93. The van der Waals surface area contributed by atoms with Gasteiger partial charge in [0.15, 0.2) is 0 Å². The van der Waals surface area contributed by atoms with E-state index in [4.69, 9.17) is 9.92 Å². The molecule has 0 saturated carbocycles. The second kappa shape index (κ2) is 6.15. The lowest BCUT2D eigenvalue weighted by Gasteiger charge is -2.10. The van der Waals surface area contributed by atoms with E-state index in [1.165, 1.54) is 0 Å². The number of nitriles is 1. The zero-order valence-corrected chi connectivity index (χ0v) is 12.0. The van der Waals surface area contributed by atoms with E-state index in [-0.39, 0.29) is 0 Å². The Balaban J connectivity index is 1.76. The minimum atomic E-state index is 0.377. The number of fused-ring (bicyclic) bond motifs is 1. The number of benzene rings is 2. The van der Waals surface area contributed by atoms with Crippen LogP contribution in [-0.4, -0.2) is 12.5 Å². The molecule has 3 rings (SSSR count). The van der Waals surface area contributed by atoms with Gasteiger partial charge in [-0.1, -0.05) is 30.3 Å². The second-order valence-corrected chi connectivity index (χ2v) is 4.91. The molecule has 0 saturated heterocycles. The van der Waals surface area contributed by atoms with Crippen LogP contribution in [-0.2, 0) is 0 Å². The number of aromatic nitrogens is 1. The summed E-state index contributed by atoms with van der Waals surface area (Å²) < 4.78 is 5.86. The molecule has 0 N–H and O–H groups in total. The molecule has 0 amide bonds. The van der Waals surface area contributed by atoms with Crippen LogP contribution in [0.4, 0.5) is 0 Å². The minimum Gasteiger partial charge on any atom is -0.558 e. The molecule has 104 valence electrons. The summed E-state index contributed by atoms with van der Waals surface area (Å²) in [5.74, 6) is 0.743. The molecule has 22 heavy (non-hydrogen) atoms. The highest BCUT2D eigenvalue weighted by Gasteiger charge is 2.07. The summed E-state index contributed by atoms with van der Waals surface area (Å²) in [5, 5.41) is 9.86. The molecule has 0 radical (unpaired) electrons. The molecule has 0 fully saturated rings. The third kappa shape index (κ3) is 2.84. The number of nitrogens with zero attached hydrogens (tertiary/aromatic N) is 2. The van der Waals surface area contributed by atoms with E-state index < -0.39 is 0 Å². The highest BCUT2D eigenvalue weighted by atomic mass is 16.4. The van der Waals surface area contributed by atoms with Crippen molar-refractivity contribution in [3.63, 3.8) is 0 Å². The Hall–Kier alpha value is -3.06. The van der Waals surface area contributed by atoms with Gasteiger partial charge in [0.05, 0.1) is 11.6 Å². The summed E-state index contributed by atoms with van der Waals surface area (Å²) in [5.41, 5.74) is 3.30. The maximum Gasteiger partial charge on any atom is 0.374 e. The molecular weight excluding hydrogens is 271 g/mol. The molecule has 0 unspecified atom stereocenters. The molecule has 0 aliphatic carbocycles. The van der Waals surface area contributed by atoms with Gasteiger partial charge >= 0.3 is 7.48 Å². The van der Waals surface area contributed by atoms with Crippen LogP contribution in [0.2, 0.25) is 0 Å². The molecule has 1 aromatic heterocycles. The summed E-state index contributed by atoms with van der Waals surface area (Å²) in [6, 6.07) is 19.2. The molecule has 4 heteroatoms. The lowest BCUT2D eigenvalue weighted by atomic mass is 9.83. The molecular formula is C18H13BN2O. The Morgan fingerprint density at radius 2 is 1.86 bits per heavy atom. The van der Waals surface area contributed by atoms with Gasteiger partial charge in [-0.25, -0.2) is 0 Å². The standard InChI is InChI=1S/C18H13BN2O/c1-13(15-9-7-14(12-20)8-10-15)19-22-17-6-2-4-16-5-3-11-21-18(16)17/h2-11,19H,1H2. The zero-order valence-electron chi connectivity index (χ0n) is 12.0. The van der Waals surface area contributed by atoms with Gasteiger partial charge in [-0.15, -0.1) is 6.58 Å². The van der Waals surface area contributed by atoms with Crippen LogP contribution in [0.25, 0.3) is 16.4 Å². The molecule has 0 bridgehead atoms. The molecule has 1 heterocycles. The fraction of sp³-hybridized carbons (Fsp3) is 0. The van der Waals surface area contributed by atoms with Crippen molar-refractivity contribution in [2.45, 2.75) is 0 Å². The first-order chi connectivity index (χ1) is 10.8. The predicted molar refractivity (Wildman–Crippen MR) is 89.7 cm³/mol. The number of hydrogen-bond acceptors (Lipinski definition) is 3. The maximum absolute atomic E-state index is 8.82. The van der Waals surface area contributed by atoms with Crippen molar-refractivity contribution < 1.29 is 4.65 Å². The first kappa shape index (κ1) is 13.9. The second-order valence-electron chi connectivity index (χ2n) is 4.91. The molecule has 3 aromatic rings. The SMILES string of the molecule is C=C(BOc1cccc2cccnc12)c1ccc(C#N)cc1. The Kier molecular flexibility index (Phi) is 3.89. The van der Waals surface area contributed by atoms with Gasteiger partial charge in [-0.05, 0) is 35.3 Å². The van der Waals surface area contributed by atoms with E-state index in [9.17, 15) is 0 Å². The molecule has 0 spiro atoms. The van der Waals surface area contributed by atoms with Gasteiger partial charge in [-0.2, -0.15) is 5.26 Å². The summed E-state index contributed by atoms with van der Waals surface area (Å²) in [7, 11) is 0.377. The lowest BCUT2D eigenvalue weighted by molar-refractivity contribution is 0.611. The van der Waals surface area contributed by atoms with E-state index in [0.717, 1.165) is 27.7 Å². The van der Waals surface area contributed by atoms with E-state index in [1.54, 1.807) is 18.3 Å². The van der Waals surface area contributed by atoms with Crippen LogP contribution in [0.5, 0.6) is 5.75 Å². The van der Waals surface area contributed by atoms with Crippen molar-refractivity contribution in [1.29, 1.82) is 5.26 Å². The number of rotatable bonds is 4. The van der Waals surface area contributed by atoms with Crippen molar-refractivity contribution in [3.8, 4) is 11.8 Å². The summed E-state index contributed by atoms with van der Waals surface area (Å²) in [6.45, 7) is 4.05. The fourth-order valence-corrected chi connectivity index (χ4v) is 2.22. The number of pyridine rings is 1. The molecule has 0 atom stereocenters. The van der Waals surface area contributed by atoms with Gasteiger partial charge in [0.2, 0.25) is 0 Å². The summed E-state index contributed by atoms with van der Waals surface area (Å²) >= 11 is 0. The maximum atomic E-state index is 8.82. The first-order valence-corrected chi connectivity index (χ1v) is 6.93. The van der Waals surface area contributed by atoms with Crippen molar-refractivity contribution in [3.05, 3.63) is 78.5 Å². The van der Waals surface area contributed by atoms with Gasteiger partial charge in [-0.3, -0.25) is 4.98 Å². The van der Waals surface area contributed by atoms with Crippen LogP contribution >= 0.6 is 0 Å². The predicted octanol–water partition coefficient (Wildman–Crippen LogP) is 3.51. The van der Waals surface area contributed by atoms with E-state index in [0.29, 0.717) is 13.0 Å². The lowest BCUT2D eigenvalue weighted by Crippen LogP contribution is -2.05. The van der Waals surface area contributed by atoms with Gasteiger partial charge < -0.3 is 4.65 Å². The summed E-state index contributed by atoms with van der Waals surface area (Å²) in [6.07, 6.45) is 1.75. The highest BCUT2D eigenvalue weighted by Crippen LogP contribution is 2.23. The third-order valence-corrected chi connectivity index (χ3v) is 3.42. The molecule has 3 nitrogen and oxygen atoms in total. The molecule has 0 aliphatic rings. The Morgan fingerprint density at radius 1 is 1.09 bits per heavy atom. The monoisotopic (exact) mass is 284 g/mol. The van der Waals surface area contributed by atoms with Crippen LogP contribution < -0.4 is 4.65 Å². The molecule has 0 aliphatic heterocycles. The van der Waals surface area contributed by atoms with Gasteiger partial charge in [0.25, 0.3) is 0 Å². The Bertz CT molecular complexity index is 861. The van der Waals surface area contributed by atoms with Crippen molar-refractivity contribution in [2.75, 3.05) is 0 Å². The van der Waals surface area contributed by atoms with Crippen LogP contribution in [0.3, 0.4) is 0 Å². The number of hydrogen-bond donors (Lipinski definition) is 0. The van der Waals surface area contributed by atoms with E-state index in [1.807, 2.05) is 42.5 Å². The average molecular weight is 284 g/mol. The van der Waals surface area contributed by atoms with E-state index in [2.05, 4.69) is 17.6 Å². The Morgan fingerprint density at radius 3 is 2.64 bits per heavy atom. The van der Waals surface area contributed by atoms with Crippen LogP contribution in [0.1, 0.15) is 11.1 Å². The quantitative estimate of drug-likeness (QED) is 0.689. The topological polar surface area (TPSA) is 45.9 Å². The largest absolute Gasteiger partial charge is 0.558 e. The summed E-state index contributed by atoms with van der Waals surface area (Å²) in [4.78, 5) is 4.36. The number of para-hydroxylation sites is 1. The molecule has 2 aromatic carbocycles. The van der Waals surface area contributed by atoms with Crippen molar-refractivity contribution in [1.82, 2.24) is 4.98 Å². The zero-order chi connectivity index (χ0) is 15.4. The fourth-order valence-electron chi connectivity index (χ4n) is 2.22. The third-order valence-electron chi connectivity index (χ3n) is 3.42. The van der Waals surface area contributed by atoms with Crippen LogP contribution in [0.15, 0.2) is 67.4 Å². The van der Waals surface area contributed by atoms with Gasteiger partial charge in [0.1, 0.15) is 11.3 Å². The van der Waals surface area contributed by atoms with Crippen LogP contribution in [0, 0.1) is 11.3 Å². The van der Waals surface area contributed by atoms with E-state index >= 15 is 0 Å². The smallest absolute Gasteiger partial charge is 0.374 e. The van der Waals surface area contributed by atoms with Gasteiger partial charge in [0, 0.05) is 11.6 Å². The highest BCUT2D eigenvalue weighted by molar-refractivity contribution is 6.55. The van der Waals surface area contributed by atoms with Crippen molar-refractivity contribution >= 4 is 23.9 Å². The average Bonchev–Trinajstić information content (AvgIpc) is 2.59.